The van der Waals surface area contributed by atoms with E-state index in [1.807, 2.05) is 6.92 Å². The van der Waals surface area contributed by atoms with Crippen LogP contribution in [0.5, 0.6) is 0 Å². The Bertz CT molecular complexity index is 1010. The number of benzene rings is 2. The molecule has 0 bridgehead atoms. The molecule has 7 nitrogen and oxygen atoms in total. The summed E-state index contributed by atoms with van der Waals surface area (Å²) < 4.78 is 40.2. The zero-order chi connectivity index (χ0) is 21.7. The first-order valence-corrected chi connectivity index (χ1v) is 11.3. The van der Waals surface area contributed by atoms with Crippen LogP contribution in [-0.4, -0.2) is 44.3 Å². The van der Waals surface area contributed by atoms with Crippen LogP contribution < -0.4 is 10.0 Å². The number of carbonyl (C=O) groups excluding carboxylic acids is 2. The van der Waals surface area contributed by atoms with Crippen LogP contribution in [-0.2, 0) is 14.8 Å². The predicted molar refractivity (Wildman–Crippen MR) is 111 cm³/mol. The number of anilines is 1. The Hall–Kier alpha value is -2.94. The number of sulfonamides is 1. The zero-order valence-corrected chi connectivity index (χ0v) is 17.4. The summed E-state index contributed by atoms with van der Waals surface area (Å²) >= 11 is 0. The van der Waals surface area contributed by atoms with Crippen molar-refractivity contribution in [3.05, 3.63) is 59.9 Å². The van der Waals surface area contributed by atoms with E-state index in [2.05, 4.69) is 10.0 Å². The number of nitrogens with zero attached hydrogens (tertiary/aromatic N) is 1. The molecule has 0 aliphatic carbocycles. The predicted octanol–water partition coefficient (Wildman–Crippen LogP) is 2.76. The second-order valence-corrected chi connectivity index (χ2v) is 8.77. The minimum atomic E-state index is -3.87. The topological polar surface area (TPSA) is 95.6 Å². The van der Waals surface area contributed by atoms with Gasteiger partial charge >= 0.3 is 0 Å². The second-order valence-electron chi connectivity index (χ2n) is 7.08. The minimum absolute atomic E-state index is 0.0675. The number of likely N-dealkylation sites (tertiary alicyclic amines) is 1. The molecule has 1 atom stereocenters. The molecule has 2 aromatic carbocycles. The van der Waals surface area contributed by atoms with Gasteiger partial charge in [0.25, 0.3) is 15.9 Å². The van der Waals surface area contributed by atoms with Crippen LogP contribution in [0.1, 0.15) is 36.5 Å². The van der Waals surface area contributed by atoms with Gasteiger partial charge in [0.05, 0.1) is 4.90 Å². The van der Waals surface area contributed by atoms with Crippen LogP contribution in [0.3, 0.4) is 0 Å². The standard InChI is InChI=1S/C21H24FN3O4S/c1-2-13-23-20(26)19-4-3-14-25(19)21(27)15-5-9-17(10-6-15)24-30(28,29)18-11-7-16(22)8-12-18/h5-12,19,24H,2-4,13-14H2,1H3,(H,23,26). The molecule has 1 unspecified atom stereocenters. The van der Waals surface area contributed by atoms with E-state index in [0.29, 0.717) is 25.1 Å². The first kappa shape index (κ1) is 21.8. The third kappa shape index (κ3) is 4.96. The number of carbonyl (C=O) groups is 2. The van der Waals surface area contributed by atoms with Crippen LogP contribution in [0.25, 0.3) is 0 Å². The van der Waals surface area contributed by atoms with E-state index in [-0.39, 0.29) is 22.4 Å². The SMILES string of the molecule is CCCNC(=O)C1CCCN1C(=O)c1ccc(NS(=O)(=O)c2ccc(F)cc2)cc1. The molecule has 0 spiro atoms. The van der Waals surface area contributed by atoms with E-state index < -0.39 is 21.9 Å². The van der Waals surface area contributed by atoms with Crippen LogP contribution in [0, 0.1) is 5.82 Å². The number of rotatable bonds is 7. The summed E-state index contributed by atoms with van der Waals surface area (Å²) in [6.45, 7) is 3.03. The fourth-order valence-electron chi connectivity index (χ4n) is 3.32. The van der Waals surface area contributed by atoms with Crippen molar-refractivity contribution in [2.75, 3.05) is 17.8 Å². The molecule has 0 saturated carbocycles. The lowest BCUT2D eigenvalue weighted by molar-refractivity contribution is -0.124. The van der Waals surface area contributed by atoms with E-state index in [0.717, 1.165) is 25.0 Å². The Morgan fingerprint density at radius 2 is 1.77 bits per heavy atom. The molecule has 160 valence electrons. The van der Waals surface area contributed by atoms with E-state index in [1.54, 1.807) is 4.90 Å². The van der Waals surface area contributed by atoms with Gasteiger partial charge in [-0.05, 0) is 67.8 Å². The van der Waals surface area contributed by atoms with Gasteiger partial charge in [0.1, 0.15) is 11.9 Å². The molecule has 2 amide bonds. The van der Waals surface area contributed by atoms with Crippen molar-refractivity contribution in [2.45, 2.75) is 37.1 Å². The Morgan fingerprint density at radius 3 is 2.40 bits per heavy atom. The summed E-state index contributed by atoms with van der Waals surface area (Å²) in [6, 6.07) is 10.0. The van der Waals surface area contributed by atoms with Crippen molar-refractivity contribution in [3.63, 3.8) is 0 Å². The summed E-state index contributed by atoms with van der Waals surface area (Å²) in [6.07, 6.45) is 2.20. The molecule has 1 fully saturated rings. The van der Waals surface area contributed by atoms with E-state index >= 15 is 0 Å². The van der Waals surface area contributed by atoms with Crippen molar-refractivity contribution in [3.8, 4) is 0 Å². The molecule has 2 N–H and O–H groups in total. The highest BCUT2D eigenvalue weighted by Gasteiger charge is 2.34. The van der Waals surface area contributed by atoms with Gasteiger partial charge in [-0.2, -0.15) is 0 Å². The summed E-state index contributed by atoms with van der Waals surface area (Å²) in [4.78, 5) is 26.7. The maximum Gasteiger partial charge on any atom is 0.261 e. The Balaban J connectivity index is 1.69. The summed E-state index contributed by atoms with van der Waals surface area (Å²) in [5, 5.41) is 2.83. The Labute approximate surface area is 175 Å². The molecular weight excluding hydrogens is 409 g/mol. The molecule has 0 aromatic heterocycles. The van der Waals surface area contributed by atoms with E-state index in [1.165, 1.54) is 36.4 Å². The summed E-state index contributed by atoms with van der Waals surface area (Å²) in [7, 11) is -3.87. The molecular formula is C21H24FN3O4S. The lowest BCUT2D eigenvalue weighted by Crippen LogP contribution is -2.46. The molecule has 1 heterocycles. The quantitative estimate of drug-likeness (QED) is 0.702. The average molecular weight is 434 g/mol. The van der Waals surface area contributed by atoms with Crippen LogP contribution in [0.2, 0.25) is 0 Å². The Kier molecular flexibility index (Phi) is 6.71. The number of hydrogen-bond donors (Lipinski definition) is 2. The van der Waals surface area contributed by atoms with Crippen molar-refractivity contribution >= 4 is 27.5 Å². The number of halogens is 1. The van der Waals surface area contributed by atoms with Gasteiger partial charge in [-0.3, -0.25) is 14.3 Å². The maximum atomic E-state index is 13.0. The van der Waals surface area contributed by atoms with Crippen LogP contribution >= 0.6 is 0 Å². The molecule has 30 heavy (non-hydrogen) atoms. The number of amides is 2. The number of nitrogens with one attached hydrogen (secondary N) is 2. The lowest BCUT2D eigenvalue weighted by atomic mass is 10.1. The molecule has 1 aliphatic heterocycles. The highest BCUT2D eigenvalue weighted by molar-refractivity contribution is 7.92. The van der Waals surface area contributed by atoms with Gasteiger partial charge in [0.15, 0.2) is 0 Å². The van der Waals surface area contributed by atoms with Crippen molar-refractivity contribution in [2.24, 2.45) is 0 Å². The molecule has 3 rings (SSSR count). The minimum Gasteiger partial charge on any atom is -0.354 e. The monoisotopic (exact) mass is 433 g/mol. The highest BCUT2D eigenvalue weighted by atomic mass is 32.2. The third-order valence-corrected chi connectivity index (χ3v) is 6.27. The van der Waals surface area contributed by atoms with Crippen molar-refractivity contribution < 1.29 is 22.4 Å². The first-order valence-electron chi connectivity index (χ1n) is 9.79. The average Bonchev–Trinajstić information content (AvgIpc) is 3.22. The van der Waals surface area contributed by atoms with E-state index in [4.69, 9.17) is 0 Å². The zero-order valence-electron chi connectivity index (χ0n) is 16.6. The fraction of sp³-hybridized carbons (Fsp3) is 0.333. The van der Waals surface area contributed by atoms with Gasteiger partial charge in [-0.1, -0.05) is 6.92 Å². The normalized spacial score (nSPS) is 16.3. The highest BCUT2D eigenvalue weighted by Crippen LogP contribution is 2.22. The smallest absolute Gasteiger partial charge is 0.261 e. The lowest BCUT2D eigenvalue weighted by Gasteiger charge is -2.24. The molecule has 0 radical (unpaired) electrons. The van der Waals surface area contributed by atoms with Gasteiger partial charge in [-0.25, -0.2) is 12.8 Å². The van der Waals surface area contributed by atoms with Gasteiger partial charge < -0.3 is 10.2 Å². The summed E-state index contributed by atoms with van der Waals surface area (Å²) in [5.41, 5.74) is 0.643. The van der Waals surface area contributed by atoms with Gasteiger partial charge in [0.2, 0.25) is 5.91 Å². The van der Waals surface area contributed by atoms with Crippen molar-refractivity contribution in [1.82, 2.24) is 10.2 Å². The molecule has 2 aromatic rings. The fourth-order valence-corrected chi connectivity index (χ4v) is 4.38. The van der Waals surface area contributed by atoms with Crippen LogP contribution in [0.15, 0.2) is 53.4 Å². The van der Waals surface area contributed by atoms with Gasteiger partial charge in [-0.15, -0.1) is 0 Å². The largest absolute Gasteiger partial charge is 0.354 e. The summed E-state index contributed by atoms with van der Waals surface area (Å²) in [5.74, 6) is -0.941. The van der Waals surface area contributed by atoms with Gasteiger partial charge in [0, 0.05) is 24.3 Å². The number of hydrogen-bond acceptors (Lipinski definition) is 4. The Morgan fingerprint density at radius 1 is 1.10 bits per heavy atom. The van der Waals surface area contributed by atoms with E-state index in [9.17, 15) is 22.4 Å². The maximum absolute atomic E-state index is 13.0. The molecule has 1 saturated heterocycles. The van der Waals surface area contributed by atoms with Crippen molar-refractivity contribution in [1.29, 1.82) is 0 Å². The first-order chi connectivity index (χ1) is 14.3. The second kappa shape index (κ2) is 9.25. The molecule has 1 aliphatic rings. The third-order valence-electron chi connectivity index (χ3n) is 4.87. The van der Waals surface area contributed by atoms with Crippen LogP contribution in [0.4, 0.5) is 10.1 Å². The molecule has 9 heteroatoms.